The van der Waals surface area contributed by atoms with E-state index in [1.165, 1.54) is 12.8 Å². The van der Waals surface area contributed by atoms with Crippen LogP contribution < -0.4 is 5.32 Å². The Labute approximate surface area is 107 Å². The average Bonchev–Trinajstić information content (AvgIpc) is 3.14. The Morgan fingerprint density at radius 2 is 2.28 bits per heavy atom. The first kappa shape index (κ1) is 11.5. The predicted molar refractivity (Wildman–Crippen MR) is 69.2 cm³/mol. The van der Waals surface area contributed by atoms with Crippen molar-refractivity contribution in [1.29, 1.82) is 0 Å². The Hall–Kier alpha value is -1.55. The fraction of sp³-hybridized carbons (Fsp3) is 0.500. The highest BCUT2D eigenvalue weighted by molar-refractivity contribution is 5.92. The van der Waals surface area contributed by atoms with Gasteiger partial charge in [-0.05, 0) is 35.6 Å². The Morgan fingerprint density at radius 1 is 1.50 bits per heavy atom. The van der Waals surface area contributed by atoms with E-state index in [1.54, 1.807) is 11.9 Å². The molecule has 1 aliphatic heterocycles. The standard InChI is InChI=1S/C14H18N2O2/c1-16-8-11-7-10(13(17)6-9-2-3-9)4-5-12(11)15-14(16)18/h4-5,7,9,13,17H,2-3,6,8H2,1H3,(H,15,18). The fourth-order valence-corrected chi connectivity index (χ4v) is 2.42. The van der Waals surface area contributed by atoms with Crippen LogP contribution >= 0.6 is 0 Å². The lowest BCUT2D eigenvalue weighted by atomic mass is 9.99. The number of nitrogens with zero attached hydrogens (tertiary/aromatic N) is 1. The first-order chi connectivity index (χ1) is 8.63. The highest BCUT2D eigenvalue weighted by Gasteiger charge is 2.26. The lowest BCUT2D eigenvalue weighted by Gasteiger charge is -2.26. The fourth-order valence-electron chi connectivity index (χ4n) is 2.42. The van der Waals surface area contributed by atoms with Gasteiger partial charge in [-0.25, -0.2) is 4.79 Å². The number of urea groups is 1. The van der Waals surface area contributed by atoms with Crippen LogP contribution in [0.15, 0.2) is 18.2 Å². The van der Waals surface area contributed by atoms with Crippen LogP contribution in [0.3, 0.4) is 0 Å². The van der Waals surface area contributed by atoms with Crippen LogP contribution in [0.4, 0.5) is 10.5 Å². The molecule has 0 bridgehead atoms. The summed E-state index contributed by atoms with van der Waals surface area (Å²) < 4.78 is 0. The van der Waals surface area contributed by atoms with Crippen LogP contribution in [0.1, 0.15) is 36.5 Å². The SMILES string of the molecule is CN1Cc2cc(C(O)CC3CC3)ccc2NC1=O. The van der Waals surface area contributed by atoms with E-state index in [2.05, 4.69) is 5.32 Å². The molecule has 1 fully saturated rings. The van der Waals surface area contributed by atoms with Crippen molar-refractivity contribution in [1.82, 2.24) is 4.90 Å². The van der Waals surface area contributed by atoms with E-state index in [0.29, 0.717) is 12.5 Å². The van der Waals surface area contributed by atoms with E-state index >= 15 is 0 Å². The molecule has 1 aromatic carbocycles. The van der Waals surface area contributed by atoms with Crippen LogP contribution in [0.25, 0.3) is 0 Å². The minimum atomic E-state index is -0.370. The largest absolute Gasteiger partial charge is 0.388 e. The number of aliphatic hydroxyl groups is 1. The van der Waals surface area contributed by atoms with Gasteiger partial charge >= 0.3 is 6.03 Å². The van der Waals surface area contributed by atoms with Gasteiger partial charge in [0.1, 0.15) is 0 Å². The number of nitrogens with one attached hydrogen (secondary N) is 1. The van der Waals surface area contributed by atoms with Gasteiger partial charge in [0.2, 0.25) is 0 Å². The second kappa shape index (κ2) is 4.28. The van der Waals surface area contributed by atoms with Gasteiger partial charge in [-0.1, -0.05) is 18.9 Å². The van der Waals surface area contributed by atoms with Gasteiger partial charge in [-0.3, -0.25) is 0 Å². The molecule has 1 atom stereocenters. The maximum absolute atomic E-state index is 11.5. The van der Waals surface area contributed by atoms with E-state index in [0.717, 1.165) is 23.2 Å². The van der Waals surface area contributed by atoms with Gasteiger partial charge in [-0.15, -0.1) is 0 Å². The predicted octanol–water partition coefficient (Wildman–Crippen LogP) is 2.50. The third-order valence-corrected chi connectivity index (χ3v) is 3.76. The summed E-state index contributed by atoms with van der Waals surface area (Å²) in [7, 11) is 1.77. The first-order valence-electron chi connectivity index (χ1n) is 6.46. The molecule has 4 nitrogen and oxygen atoms in total. The summed E-state index contributed by atoms with van der Waals surface area (Å²) in [4.78, 5) is 13.1. The van der Waals surface area contributed by atoms with E-state index in [-0.39, 0.29) is 12.1 Å². The number of fused-ring (bicyclic) bond motifs is 1. The molecule has 1 aliphatic carbocycles. The summed E-state index contributed by atoms with van der Waals surface area (Å²) in [5, 5.41) is 13.0. The molecule has 2 amide bonds. The van der Waals surface area contributed by atoms with E-state index in [1.807, 2.05) is 18.2 Å². The number of hydrogen-bond donors (Lipinski definition) is 2. The molecular weight excluding hydrogens is 228 g/mol. The zero-order chi connectivity index (χ0) is 12.7. The van der Waals surface area contributed by atoms with Crippen LogP contribution in [0.5, 0.6) is 0 Å². The normalized spacial score (nSPS) is 20.3. The molecular formula is C14H18N2O2. The zero-order valence-corrected chi connectivity index (χ0v) is 10.5. The second-order valence-corrected chi connectivity index (χ2v) is 5.40. The van der Waals surface area contributed by atoms with Gasteiger partial charge in [0.05, 0.1) is 6.10 Å². The van der Waals surface area contributed by atoms with E-state index in [4.69, 9.17) is 0 Å². The number of rotatable bonds is 3. The van der Waals surface area contributed by atoms with Crippen molar-refractivity contribution in [2.75, 3.05) is 12.4 Å². The van der Waals surface area contributed by atoms with Crippen LogP contribution in [-0.4, -0.2) is 23.1 Å². The highest BCUT2D eigenvalue weighted by Crippen LogP contribution is 2.38. The summed E-state index contributed by atoms with van der Waals surface area (Å²) in [6.07, 6.45) is 2.99. The number of hydrogen-bond acceptors (Lipinski definition) is 2. The molecule has 18 heavy (non-hydrogen) atoms. The van der Waals surface area contributed by atoms with Gasteiger partial charge in [-0.2, -0.15) is 0 Å². The molecule has 0 saturated heterocycles. The Kier molecular flexibility index (Phi) is 2.74. The second-order valence-electron chi connectivity index (χ2n) is 5.40. The molecule has 0 spiro atoms. The van der Waals surface area contributed by atoms with Crippen molar-refractivity contribution >= 4 is 11.7 Å². The summed E-state index contributed by atoms with van der Waals surface area (Å²) in [5.41, 5.74) is 2.90. The smallest absolute Gasteiger partial charge is 0.321 e. The maximum Gasteiger partial charge on any atom is 0.321 e. The number of amides is 2. The van der Waals surface area contributed by atoms with Gasteiger partial charge in [0.25, 0.3) is 0 Å². The van der Waals surface area contributed by atoms with Crippen molar-refractivity contribution in [3.8, 4) is 0 Å². The number of carbonyl (C=O) groups excluding carboxylic acids is 1. The summed E-state index contributed by atoms with van der Waals surface area (Å²) in [6.45, 7) is 0.602. The van der Waals surface area contributed by atoms with Crippen molar-refractivity contribution < 1.29 is 9.90 Å². The first-order valence-corrected chi connectivity index (χ1v) is 6.46. The molecule has 1 aromatic rings. The summed E-state index contributed by atoms with van der Waals surface area (Å²) in [6, 6.07) is 5.75. The molecule has 2 N–H and O–H groups in total. The monoisotopic (exact) mass is 246 g/mol. The lowest BCUT2D eigenvalue weighted by Crippen LogP contribution is -2.35. The lowest BCUT2D eigenvalue weighted by molar-refractivity contribution is 0.160. The van der Waals surface area contributed by atoms with Gasteiger partial charge in [0, 0.05) is 19.3 Å². The van der Waals surface area contributed by atoms with Crippen LogP contribution in [0, 0.1) is 5.92 Å². The number of carbonyl (C=O) groups is 1. The Bertz CT molecular complexity index is 483. The van der Waals surface area contributed by atoms with Gasteiger partial charge < -0.3 is 15.3 Å². The number of anilines is 1. The molecule has 0 aromatic heterocycles. The minimum Gasteiger partial charge on any atom is -0.388 e. The Balaban J connectivity index is 1.81. The summed E-state index contributed by atoms with van der Waals surface area (Å²) >= 11 is 0. The topological polar surface area (TPSA) is 52.6 Å². The maximum atomic E-state index is 11.5. The molecule has 0 radical (unpaired) electrons. The molecule has 3 rings (SSSR count). The van der Waals surface area contributed by atoms with Crippen LogP contribution in [0.2, 0.25) is 0 Å². The minimum absolute atomic E-state index is 0.0752. The highest BCUT2D eigenvalue weighted by atomic mass is 16.3. The molecule has 2 aliphatic rings. The quantitative estimate of drug-likeness (QED) is 0.861. The summed E-state index contributed by atoms with van der Waals surface area (Å²) in [5.74, 6) is 0.707. The van der Waals surface area contributed by atoms with Crippen molar-refractivity contribution in [2.45, 2.75) is 31.9 Å². The van der Waals surface area contributed by atoms with Crippen molar-refractivity contribution in [2.24, 2.45) is 5.92 Å². The molecule has 1 heterocycles. The zero-order valence-electron chi connectivity index (χ0n) is 10.5. The number of aliphatic hydroxyl groups excluding tert-OH is 1. The van der Waals surface area contributed by atoms with Gasteiger partial charge in [0.15, 0.2) is 0 Å². The number of benzene rings is 1. The van der Waals surface area contributed by atoms with Crippen LogP contribution in [-0.2, 0) is 6.54 Å². The molecule has 1 saturated carbocycles. The van der Waals surface area contributed by atoms with E-state index < -0.39 is 0 Å². The third kappa shape index (κ3) is 2.20. The Morgan fingerprint density at radius 3 is 3.00 bits per heavy atom. The van der Waals surface area contributed by atoms with E-state index in [9.17, 15) is 9.90 Å². The molecule has 4 heteroatoms. The third-order valence-electron chi connectivity index (χ3n) is 3.76. The van der Waals surface area contributed by atoms with Crippen molar-refractivity contribution in [3.05, 3.63) is 29.3 Å². The average molecular weight is 246 g/mol. The molecule has 96 valence electrons. The van der Waals surface area contributed by atoms with Crippen molar-refractivity contribution in [3.63, 3.8) is 0 Å². The molecule has 1 unspecified atom stereocenters.